The van der Waals surface area contributed by atoms with Crippen molar-refractivity contribution in [1.29, 1.82) is 0 Å². The van der Waals surface area contributed by atoms with E-state index < -0.39 is 5.91 Å². The van der Waals surface area contributed by atoms with Crippen molar-refractivity contribution in [2.75, 3.05) is 13.6 Å². The number of amides is 2. The third-order valence-electron chi connectivity index (χ3n) is 3.26. The van der Waals surface area contributed by atoms with Gasteiger partial charge in [0.15, 0.2) is 0 Å². The molecular weight excluding hydrogens is 298 g/mol. The number of hydrogen-bond acceptors (Lipinski definition) is 4. The largest absolute Gasteiger partial charge is 0.368 e. The molecule has 2 N–H and O–H groups in total. The second kappa shape index (κ2) is 6.70. The highest BCUT2D eigenvalue weighted by Gasteiger charge is 2.18. The van der Waals surface area contributed by atoms with E-state index in [1.807, 2.05) is 38.1 Å². The van der Waals surface area contributed by atoms with E-state index in [0.29, 0.717) is 0 Å². The number of rotatable bonds is 5. The SMILES string of the molecule is Cc1ccc(-c2nc(C)sc2CC(=O)N(C)CC(N)=O)cc1. The number of nitrogens with zero attached hydrogens (tertiary/aromatic N) is 2. The standard InChI is InChI=1S/C16H19N3O2S/c1-10-4-6-12(7-5-10)16-13(22-11(2)18-16)8-15(21)19(3)9-14(17)20/h4-7H,8-9H2,1-3H3,(H2,17,20). The maximum absolute atomic E-state index is 12.2. The van der Waals surface area contributed by atoms with Gasteiger partial charge >= 0.3 is 0 Å². The lowest BCUT2D eigenvalue weighted by atomic mass is 10.1. The zero-order valence-electron chi connectivity index (χ0n) is 12.9. The van der Waals surface area contributed by atoms with Crippen LogP contribution in [0.3, 0.4) is 0 Å². The van der Waals surface area contributed by atoms with Gasteiger partial charge in [0.05, 0.1) is 23.7 Å². The van der Waals surface area contributed by atoms with Crippen molar-refractivity contribution in [2.24, 2.45) is 5.73 Å². The number of benzene rings is 1. The van der Waals surface area contributed by atoms with Crippen molar-refractivity contribution in [3.05, 3.63) is 39.7 Å². The smallest absolute Gasteiger partial charge is 0.237 e. The lowest BCUT2D eigenvalue weighted by Crippen LogP contribution is -2.36. The highest BCUT2D eigenvalue weighted by molar-refractivity contribution is 7.12. The van der Waals surface area contributed by atoms with Crippen LogP contribution in [-0.4, -0.2) is 35.3 Å². The molecule has 0 radical (unpaired) electrons. The van der Waals surface area contributed by atoms with Gasteiger partial charge in [-0.25, -0.2) is 4.98 Å². The summed E-state index contributed by atoms with van der Waals surface area (Å²) in [5, 5.41) is 0.913. The third kappa shape index (κ3) is 3.92. The van der Waals surface area contributed by atoms with Crippen molar-refractivity contribution in [3.8, 4) is 11.3 Å². The molecular formula is C16H19N3O2S. The van der Waals surface area contributed by atoms with E-state index in [0.717, 1.165) is 21.1 Å². The Balaban J connectivity index is 2.23. The fourth-order valence-electron chi connectivity index (χ4n) is 2.12. The highest BCUT2D eigenvalue weighted by atomic mass is 32.1. The van der Waals surface area contributed by atoms with Crippen LogP contribution in [0.15, 0.2) is 24.3 Å². The molecule has 1 aromatic carbocycles. The average molecular weight is 317 g/mol. The molecule has 0 atom stereocenters. The molecule has 2 aromatic rings. The minimum absolute atomic E-state index is 0.0729. The maximum Gasteiger partial charge on any atom is 0.237 e. The van der Waals surface area contributed by atoms with Gasteiger partial charge in [-0.3, -0.25) is 9.59 Å². The summed E-state index contributed by atoms with van der Waals surface area (Å²) in [7, 11) is 1.58. The predicted octanol–water partition coefficient (Wildman–Crippen LogP) is 1.91. The lowest BCUT2D eigenvalue weighted by molar-refractivity contribution is -0.133. The Morgan fingerprint density at radius 1 is 1.23 bits per heavy atom. The maximum atomic E-state index is 12.2. The van der Waals surface area contributed by atoms with Crippen LogP contribution in [0.2, 0.25) is 0 Å². The monoisotopic (exact) mass is 317 g/mol. The Morgan fingerprint density at radius 2 is 1.86 bits per heavy atom. The molecule has 0 fully saturated rings. The Morgan fingerprint density at radius 3 is 2.45 bits per heavy atom. The van der Waals surface area contributed by atoms with Crippen LogP contribution in [0.4, 0.5) is 0 Å². The number of carbonyl (C=O) groups is 2. The van der Waals surface area contributed by atoms with Crippen LogP contribution in [0.25, 0.3) is 11.3 Å². The molecule has 0 aliphatic rings. The molecule has 116 valence electrons. The second-order valence-corrected chi connectivity index (χ2v) is 6.55. The fraction of sp³-hybridized carbons (Fsp3) is 0.312. The topological polar surface area (TPSA) is 76.3 Å². The number of nitrogens with two attached hydrogens (primary N) is 1. The van der Waals surface area contributed by atoms with Gasteiger partial charge in [0.25, 0.3) is 0 Å². The van der Waals surface area contributed by atoms with Gasteiger partial charge in [-0.05, 0) is 13.8 Å². The van der Waals surface area contributed by atoms with Crippen molar-refractivity contribution >= 4 is 23.2 Å². The first kappa shape index (κ1) is 16.2. The van der Waals surface area contributed by atoms with E-state index >= 15 is 0 Å². The van der Waals surface area contributed by atoms with E-state index in [-0.39, 0.29) is 18.9 Å². The van der Waals surface area contributed by atoms with Crippen LogP contribution in [-0.2, 0) is 16.0 Å². The van der Waals surface area contributed by atoms with Gasteiger partial charge in [0, 0.05) is 17.5 Å². The summed E-state index contributed by atoms with van der Waals surface area (Å²) in [4.78, 5) is 29.9. The van der Waals surface area contributed by atoms with Crippen molar-refractivity contribution < 1.29 is 9.59 Å². The molecule has 1 heterocycles. The molecule has 22 heavy (non-hydrogen) atoms. The minimum Gasteiger partial charge on any atom is -0.368 e. The van der Waals surface area contributed by atoms with Crippen molar-refractivity contribution in [1.82, 2.24) is 9.88 Å². The van der Waals surface area contributed by atoms with Gasteiger partial charge in [0.2, 0.25) is 11.8 Å². The minimum atomic E-state index is -0.518. The van der Waals surface area contributed by atoms with Crippen LogP contribution < -0.4 is 5.73 Å². The average Bonchev–Trinajstić information content (AvgIpc) is 2.79. The first-order valence-electron chi connectivity index (χ1n) is 6.92. The molecule has 0 spiro atoms. The molecule has 0 bridgehead atoms. The molecule has 2 rings (SSSR count). The highest BCUT2D eigenvalue weighted by Crippen LogP contribution is 2.29. The molecule has 0 saturated heterocycles. The number of carbonyl (C=O) groups excluding carboxylic acids is 2. The summed E-state index contributed by atoms with van der Waals surface area (Å²) in [5.41, 5.74) is 8.13. The molecule has 5 nitrogen and oxygen atoms in total. The van der Waals surface area contributed by atoms with E-state index in [1.54, 1.807) is 7.05 Å². The van der Waals surface area contributed by atoms with Gasteiger partial charge < -0.3 is 10.6 Å². The van der Waals surface area contributed by atoms with E-state index in [4.69, 9.17) is 5.73 Å². The zero-order valence-corrected chi connectivity index (χ0v) is 13.7. The first-order chi connectivity index (χ1) is 10.4. The van der Waals surface area contributed by atoms with Crippen LogP contribution in [0.1, 0.15) is 15.4 Å². The lowest BCUT2D eigenvalue weighted by Gasteiger charge is -2.14. The predicted molar refractivity (Wildman–Crippen MR) is 87.6 cm³/mol. The number of thiazole rings is 1. The molecule has 0 aliphatic heterocycles. The number of likely N-dealkylation sites (N-methyl/N-ethyl adjacent to an activating group) is 1. The summed E-state index contributed by atoms with van der Waals surface area (Å²) in [6.07, 6.45) is 0.221. The summed E-state index contributed by atoms with van der Waals surface area (Å²) >= 11 is 1.50. The molecule has 0 unspecified atom stereocenters. The normalized spacial score (nSPS) is 10.5. The molecule has 2 amide bonds. The Kier molecular flexibility index (Phi) is 4.92. The number of primary amides is 1. The van der Waals surface area contributed by atoms with Gasteiger partial charge in [-0.2, -0.15) is 0 Å². The Labute approximate surface area is 133 Å². The summed E-state index contributed by atoms with van der Waals surface area (Å²) < 4.78 is 0. The Hall–Kier alpha value is -2.21. The van der Waals surface area contributed by atoms with Gasteiger partial charge in [-0.15, -0.1) is 11.3 Å². The molecule has 0 saturated carbocycles. The van der Waals surface area contributed by atoms with Crippen LogP contribution >= 0.6 is 11.3 Å². The second-order valence-electron chi connectivity index (χ2n) is 5.26. The first-order valence-corrected chi connectivity index (χ1v) is 7.74. The van der Waals surface area contributed by atoms with E-state index in [1.165, 1.54) is 21.8 Å². The van der Waals surface area contributed by atoms with Gasteiger partial charge in [-0.1, -0.05) is 29.8 Å². The van der Waals surface area contributed by atoms with Crippen molar-refractivity contribution in [3.63, 3.8) is 0 Å². The van der Waals surface area contributed by atoms with Crippen LogP contribution in [0, 0.1) is 13.8 Å². The number of aryl methyl sites for hydroxylation is 2. The quantitative estimate of drug-likeness (QED) is 0.915. The van der Waals surface area contributed by atoms with Crippen molar-refractivity contribution in [2.45, 2.75) is 20.3 Å². The molecule has 0 aliphatic carbocycles. The molecule has 6 heteroatoms. The number of hydrogen-bond donors (Lipinski definition) is 1. The van der Waals surface area contributed by atoms with Crippen LogP contribution in [0.5, 0.6) is 0 Å². The zero-order chi connectivity index (χ0) is 16.3. The van der Waals surface area contributed by atoms with Gasteiger partial charge in [0.1, 0.15) is 0 Å². The van der Waals surface area contributed by atoms with E-state index in [2.05, 4.69) is 4.98 Å². The summed E-state index contributed by atoms with van der Waals surface area (Å²) in [5.74, 6) is -0.661. The summed E-state index contributed by atoms with van der Waals surface area (Å²) in [6, 6.07) is 8.06. The third-order valence-corrected chi connectivity index (χ3v) is 4.23. The summed E-state index contributed by atoms with van der Waals surface area (Å²) in [6.45, 7) is 3.87. The Bertz CT molecular complexity index is 692. The number of aromatic nitrogens is 1. The fourth-order valence-corrected chi connectivity index (χ4v) is 3.07. The van der Waals surface area contributed by atoms with E-state index in [9.17, 15) is 9.59 Å². The molecule has 1 aromatic heterocycles.